The summed E-state index contributed by atoms with van der Waals surface area (Å²) in [5, 5.41) is 0. The van der Waals surface area contributed by atoms with Gasteiger partial charge in [-0.15, -0.1) is 0 Å². The topological polar surface area (TPSA) is 29.3 Å². The number of nitrogens with two attached hydrogens (primary N) is 1. The molecule has 1 rings (SSSR count). The van der Waals surface area contributed by atoms with E-state index < -0.39 is 0 Å². The van der Waals surface area contributed by atoms with Crippen molar-refractivity contribution in [1.29, 1.82) is 0 Å². The van der Waals surface area contributed by atoms with Crippen molar-refractivity contribution in [3.63, 3.8) is 0 Å². The zero-order valence-electron chi connectivity index (χ0n) is 12.8. The first kappa shape index (κ1) is 16.2. The van der Waals surface area contributed by atoms with Gasteiger partial charge in [-0.25, -0.2) is 0 Å². The second-order valence-corrected chi connectivity index (χ2v) is 5.75. The van der Waals surface area contributed by atoms with Crippen LogP contribution in [-0.2, 0) is 6.42 Å². The second kappa shape index (κ2) is 9.11. The molecule has 2 nitrogen and oxygen atoms in total. The third-order valence-electron chi connectivity index (χ3n) is 3.59. The Morgan fingerprint density at radius 1 is 1.11 bits per heavy atom. The fraction of sp³-hybridized carbons (Fsp3) is 0.647. The molecule has 0 bridgehead atoms. The molecule has 0 saturated heterocycles. The number of nitrogens with zero attached hydrogens (tertiary/aromatic N) is 1. The van der Waals surface area contributed by atoms with Gasteiger partial charge in [0.15, 0.2) is 0 Å². The van der Waals surface area contributed by atoms with E-state index in [4.69, 9.17) is 5.73 Å². The SMILES string of the molecule is CCCCCN(CC(N)Cc1ccccc1)C(C)C. The Labute approximate surface area is 119 Å². The molecule has 1 atom stereocenters. The van der Waals surface area contributed by atoms with Crippen molar-refractivity contribution in [2.75, 3.05) is 13.1 Å². The molecule has 0 aliphatic heterocycles. The van der Waals surface area contributed by atoms with Crippen molar-refractivity contribution in [3.8, 4) is 0 Å². The molecule has 0 spiro atoms. The Morgan fingerprint density at radius 2 is 1.79 bits per heavy atom. The van der Waals surface area contributed by atoms with Crippen LogP contribution >= 0.6 is 0 Å². The highest BCUT2D eigenvalue weighted by molar-refractivity contribution is 5.15. The lowest BCUT2D eigenvalue weighted by atomic mass is 10.1. The molecule has 1 aromatic carbocycles. The second-order valence-electron chi connectivity index (χ2n) is 5.75. The van der Waals surface area contributed by atoms with E-state index in [1.807, 2.05) is 0 Å². The van der Waals surface area contributed by atoms with Crippen molar-refractivity contribution >= 4 is 0 Å². The molecule has 0 heterocycles. The van der Waals surface area contributed by atoms with E-state index in [-0.39, 0.29) is 6.04 Å². The van der Waals surface area contributed by atoms with Crippen molar-refractivity contribution in [1.82, 2.24) is 4.90 Å². The van der Waals surface area contributed by atoms with E-state index in [9.17, 15) is 0 Å². The molecular weight excluding hydrogens is 232 g/mol. The van der Waals surface area contributed by atoms with Gasteiger partial charge in [0.2, 0.25) is 0 Å². The van der Waals surface area contributed by atoms with Gasteiger partial charge < -0.3 is 5.73 Å². The molecule has 2 heteroatoms. The van der Waals surface area contributed by atoms with E-state index >= 15 is 0 Å². The minimum atomic E-state index is 0.228. The number of hydrogen-bond donors (Lipinski definition) is 1. The average molecular weight is 262 g/mol. The monoisotopic (exact) mass is 262 g/mol. The van der Waals surface area contributed by atoms with Crippen LogP contribution in [-0.4, -0.2) is 30.1 Å². The molecule has 0 aliphatic carbocycles. The van der Waals surface area contributed by atoms with E-state index in [0.717, 1.165) is 13.0 Å². The molecule has 0 aliphatic rings. The predicted octanol–water partition coefficient (Wildman–Crippen LogP) is 3.46. The van der Waals surface area contributed by atoms with Gasteiger partial charge in [-0.05, 0) is 38.8 Å². The highest BCUT2D eigenvalue weighted by Crippen LogP contribution is 2.07. The van der Waals surface area contributed by atoms with E-state index in [2.05, 4.69) is 56.0 Å². The maximum absolute atomic E-state index is 6.31. The van der Waals surface area contributed by atoms with Crippen LogP contribution in [0.2, 0.25) is 0 Å². The van der Waals surface area contributed by atoms with Gasteiger partial charge in [-0.3, -0.25) is 4.90 Å². The minimum Gasteiger partial charge on any atom is -0.326 e. The Bertz CT molecular complexity index is 321. The number of hydrogen-bond acceptors (Lipinski definition) is 2. The van der Waals surface area contributed by atoms with Gasteiger partial charge >= 0.3 is 0 Å². The van der Waals surface area contributed by atoms with Crippen molar-refractivity contribution in [3.05, 3.63) is 35.9 Å². The fourth-order valence-electron chi connectivity index (χ4n) is 2.41. The first-order valence-electron chi connectivity index (χ1n) is 7.67. The third-order valence-corrected chi connectivity index (χ3v) is 3.59. The largest absolute Gasteiger partial charge is 0.326 e. The van der Waals surface area contributed by atoms with Crippen LogP contribution in [0.4, 0.5) is 0 Å². The molecule has 0 amide bonds. The van der Waals surface area contributed by atoms with Crippen LogP contribution in [0.25, 0.3) is 0 Å². The van der Waals surface area contributed by atoms with E-state index in [0.29, 0.717) is 6.04 Å². The summed E-state index contributed by atoms with van der Waals surface area (Å²) >= 11 is 0. The maximum Gasteiger partial charge on any atom is 0.0208 e. The van der Waals surface area contributed by atoms with Crippen LogP contribution in [0, 0.1) is 0 Å². The van der Waals surface area contributed by atoms with Crippen LogP contribution in [0.1, 0.15) is 45.6 Å². The van der Waals surface area contributed by atoms with Crippen LogP contribution < -0.4 is 5.73 Å². The Hall–Kier alpha value is -0.860. The summed E-state index contributed by atoms with van der Waals surface area (Å²) in [6.45, 7) is 8.95. The summed E-state index contributed by atoms with van der Waals surface area (Å²) in [7, 11) is 0. The highest BCUT2D eigenvalue weighted by Gasteiger charge is 2.13. The lowest BCUT2D eigenvalue weighted by Gasteiger charge is -2.29. The molecule has 0 saturated carbocycles. The molecule has 108 valence electrons. The van der Waals surface area contributed by atoms with Gasteiger partial charge in [0.1, 0.15) is 0 Å². The molecule has 2 N–H and O–H groups in total. The van der Waals surface area contributed by atoms with Gasteiger partial charge in [-0.1, -0.05) is 50.1 Å². The first-order valence-corrected chi connectivity index (χ1v) is 7.67. The van der Waals surface area contributed by atoms with Gasteiger partial charge in [0.25, 0.3) is 0 Å². The molecule has 19 heavy (non-hydrogen) atoms. The Kier molecular flexibility index (Phi) is 7.76. The summed E-state index contributed by atoms with van der Waals surface area (Å²) in [5.74, 6) is 0. The van der Waals surface area contributed by atoms with Gasteiger partial charge in [0.05, 0.1) is 0 Å². The minimum absolute atomic E-state index is 0.228. The standard InChI is InChI=1S/C17H30N2/c1-4-5-9-12-19(15(2)3)14-17(18)13-16-10-7-6-8-11-16/h6-8,10-11,15,17H,4-5,9,12-14,18H2,1-3H3. The molecule has 1 aromatic rings. The Morgan fingerprint density at radius 3 is 2.37 bits per heavy atom. The van der Waals surface area contributed by atoms with Gasteiger partial charge in [0, 0.05) is 18.6 Å². The van der Waals surface area contributed by atoms with Crippen molar-refractivity contribution in [2.24, 2.45) is 5.73 Å². The Balaban J connectivity index is 2.40. The average Bonchev–Trinajstić information content (AvgIpc) is 2.38. The lowest BCUT2D eigenvalue weighted by molar-refractivity contribution is 0.203. The van der Waals surface area contributed by atoms with Crippen LogP contribution in [0.3, 0.4) is 0 Å². The smallest absolute Gasteiger partial charge is 0.0208 e. The normalized spacial score (nSPS) is 13.2. The summed E-state index contributed by atoms with van der Waals surface area (Å²) in [6, 6.07) is 11.4. The first-order chi connectivity index (χ1) is 9.13. The third kappa shape index (κ3) is 6.74. The van der Waals surface area contributed by atoms with E-state index in [1.165, 1.54) is 31.4 Å². The molecule has 0 fully saturated rings. The van der Waals surface area contributed by atoms with E-state index in [1.54, 1.807) is 0 Å². The number of rotatable bonds is 9. The molecule has 0 aromatic heterocycles. The fourth-order valence-corrected chi connectivity index (χ4v) is 2.41. The number of unbranched alkanes of at least 4 members (excludes halogenated alkanes) is 2. The maximum atomic E-state index is 6.31. The molecule has 0 radical (unpaired) electrons. The quantitative estimate of drug-likeness (QED) is 0.691. The predicted molar refractivity (Wildman–Crippen MR) is 84.4 cm³/mol. The lowest BCUT2D eigenvalue weighted by Crippen LogP contribution is -2.42. The summed E-state index contributed by atoms with van der Waals surface area (Å²) in [6.07, 6.45) is 4.85. The molecule has 1 unspecified atom stereocenters. The molecular formula is C17H30N2. The zero-order valence-corrected chi connectivity index (χ0v) is 12.8. The summed E-state index contributed by atoms with van der Waals surface area (Å²) < 4.78 is 0. The van der Waals surface area contributed by atoms with Crippen molar-refractivity contribution < 1.29 is 0 Å². The summed E-state index contributed by atoms with van der Waals surface area (Å²) in [4.78, 5) is 2.52. The zero-order chi connectivity index (χ0) is 14.1. The summed E-state index contributed by atoms with van der Waals surface area (Å²) in [5.41, 5.74) is 7.65. The van der Waals surface area contributed by atoms with Gasteiger partial charge in [-0.2, -0.15) is 0 Å². The van der Waals surface area contributed by atoms with Crippen LogP contribution in [0.5, 0.6) is 0 Å². The number of benzene rings is 1. The highest BCUT2D eigenvalue weighted by atomic mass is 15.2. The van der Waals surface area contributed by atoms with Crippen molar-refractivity contribution in [2.45, 2.75) is 58.5 Å². The van der Waals surface area contributed by atoms with Crippen LogP contribution in [0.15, 0.2) is 30.3 Å².